The number of nitrogens with one attached hydrogen (secondary N) is 1. The lowest BCUT2D eigenvalue weighted by atomic mass is 10.2. The van der Waals surface area contributed by atoms with Gasteiger partial charge in [0.15, 0.2) is 0 Å². The second kappa shape index (κ2) is 7.52. The molecule has 0 saturated carbocycles. The molecule has 2 aromatic heterocycles. The third kappa shape index (κ3) is 3.67. The zero-order chi connectivity index (χ0) is 18.7. The second-order valence-corrected chi connectivity index (χ2v) is 6.57. The van der Waals surface area contributed by atoms with Crippen molar-refractivity contribution >= 4 is 34.9 Å². The van der Waals surface area contributed by atoms with Gasteiger partial charge in [0.05, 0.1) is 10.6 Å². The predicted octanol–water partition coefficient (Wildman–Crippen LogP) is 2.15. The fourth-order valence-electron chi connectivity index (χ4n) is 2.48. The summed E-state index contributed by atoms with van der Waals surface area (Å²) in [4.78, 5) is 42.0. The SMILES string of the molecule is Cc1noc(C)c1C(=O)NCCN1C(=O)SC(=Cc2cccnc2)C1=O. The Kier molecular flexibility index (Phi) is 5.17. The topological polar surface area (TPSA) is 105 Å². The second-order valence-electron chi connectivity index (χ2n) is 5.57. The van der Waals surface area contributed by atoms with Crippen LogP contribution >= 0.6 is 11.8 Å². The number of carbonyl (C=O) groups is 3. The third-order valence-electron chi connectivity index (χ3n) is 3.74. The number of hydrogen-bond acceptors (Lipinski definition) is 7. The zero-order valence-corrected chi connectivity index (χ0v) is 15.0. The van der Waals surface area contributed by atoms with Crippen LogP contribution in [0.4, 0.5) is 4.79 Å². The molecule has 1 fully saturated rings. The van der Waals surface area contributed by atoms with Gasteiger partial charge in [0.25, 0.3) is 17.1 Å². The first kappa shape index (κ1) is 17.9. The number of imide groups is 1. The van der Waals surface area contributed by atoms with Crippen LogP contribution in [0.2, 0.25) is 0 Å². The van der Waals surface area contributed by atoms with E-state index < -0.39 is 0 Å². The standard InChI is InChI=1S/C17H16N4O4S/c1-10-14(11(2)25-20-10)15(22)19-6-7-21-16(23)13(26-17(21)24)8-12-4-3-5-18-9-12/h3-5,8-9H,6-7H2,1-2H3,(H,19,22). The van der Waals surface area contributed by atoms with E-state index in [1.807, 2.05) is 0 Å². The van der Waals surface area contributed by atoms with E-state index in [0.29, 0.717) is 21.9 Å². The van der Waals surface area contributed by atoms with E-state index in [4.69, 9.17) is 4.52 Å². The van der Waals surface area contributed by atoms with Gasteiger partial charge in [0.1, 0.15) is 11.3 Å². The third-order valence-corrected chi connectivity index (χ3v) is 4.64. The number of rotatable bonds is 5. The van der Waals surface area contributed by atoms with E-state index in [0.717, 1.165) is 22.2 Å². The minimum absolute atomic E-state index is 0.0875. The molecule has 1 N–H and O–H groups in total. The molecule has 134 valence electrons. The summed E-state index contributed by atoms with van der Waals surface area (Å²) in [6.45, 7) is 3.55. The largest absolute Gasteiger partial charge is 0.361 e. The maximum Gasteiger partial charge on any atom is 0.293 e. The van der Waals surface area contributed by atoms with Gasteiger partial charge in [-0.25, -0.2) is 0 Å². The molecule has 0 bridgehead atoms. The molecule has 0 radical (unpaired) electrons. The summed E-state index contributed by atoms with van der Waals surface area (Å²) < 4.78 is 4.96. The molecule has 1 aliphatic rings. The minimum atomic E-state index is -0.379. The Labute approximate surface area is 153 Å². The van der Waals surface area contributed by atoms with E-state index in [1.54, 1.807) is 44.4 Å². The Balaban J connectivity index is 1.60. The van der Waals surface area contributed by atoms with Gasteiger partial charge in [-0.3, -0.25) is 24.3 Å². The molecule has 3 amide bonds. The monoisotopic (exact) mass is 372 g/mol. The molecule has 0 atom stereocenters. The van der Waals surface area contributed by atoms with Crippen molar-refractivity contribution in [3.63, 3.8) is 0 Å². The molecule has 2 aromatic rings. The van der Waals surface area contributed by atoms with Crippen LogP contribution in [0.15, 0.2) is 34.0 Å². The number of pyridine rings is 1. The maximum atomic E-state index is 12.4. The molecule has 3 rings (SSSR count). The average molecular weight is 372 g/mol. The van der Waals surface area contributed by atoms with Gasteiger partial charge in [0.2, 0.25) is 0 Å². The number of thioether (sulfide) groups is 1. The Morgan fingerprint density at radius 2 is 2.19 bits per heavy atom. The van der Waals surface area contributed by atoms with Crippen molar-refractivity contribution in [1.82, 2.24) is 20.4 Å². The number of aryl methyl sites for hydroxylation is 2. The van der Waals surface area contributed by atoms with E-state index in [2.05, 4.69) is 15.5 Å². The molecule has 3 heterocycles. The summed E-state index contributed by atoms with van der Waals surface area (Å²) in [5.74, 6) is -0.305. The molecular formula is C17H16N4O4S. The smallest absolute Gasteiger partial charge is 0.293 e. The summed E-state index contributed by atoms with van der Waals surface area (Å²) >= 11 is 0.871. The number of nitrogens with zero attached hydrogens (tertiary/aromatic N) is 3. The van der Waals surface area contributed by atoms with Crippen LogP contribution in [-0.4, -0.2) is 45.2 Å². The van der Waals surface area contributed by atoms with Crippen molar-refractivity contribution < 1.29 is 18.9 Å². The van der Waals surface area contributed by atoms with Crippen molar-refractivity contribution in [2.24, 2.45) is 0 Å². The predicted molar refractivity (Wildman–Crippen MR) is 95.2 cm³/mol. The van der Waals surface area contributed by atoms with Crippen molar-refractivity contribution in [2.75, 3.05) is 13.1 Å². The van der Waals surface area contributed by atoms with Gasteiger partial charge in [-0.05, 0) is 43.3 Å². The molecule has 1 aliphatic heterocycles. The number of aromatic nitrogens is 2. The molecule has 0 aromatic carbocycles. The normalized spacial score (nSPS) is 15.8. The summed E-state index contributed by atoms with van der Waals surface area (Å²) in [6, 6.07) is 3.55. The highest BCUT2D eigenvalue weighted by Gasteiger charge is 2.34. The first-order valence-electron chi connectivity index (χ1n) is 7.84. The molecule has 1 saturated heterocycles. The van der Waals surface area contributed by atoms with Crippen LogP contribution < -0.4 is 5.32 Å². The maximum absolute atomic E-state index is 12.4. The fraction of sp³-hybridized carbons (Fsp3) is 0.235. The Bertz CT molecular complexity index is 872. The highest BCUT2D eigenvalue weighted by Crippen LogP contribution is 2.31. The quantitative estimate of drug-likeness (QED) is 0.802. The Hall–Kier alpha value is -2.94. The summed E-state index contributed by atoms with van der Waals surface area (Å²) in [6.07, 6.45) is 4.86. The van der Waals surface area contributed by atoms with Crippen molar-refractivity contribution in [3.05, 3.63) is 52.0 Å². The first-order valence-corrected chi connectivity index (χ1v) is 8.65. The lowest BCUT2D eigenvalue weighted by Crippen LogP contribution is -2.37. The summed E-state index contributed by atoms with van der Waals surface area (Å²) in [7, 11) is 0. The Morgan fingerprint density at radius 3 is 2.85 bits per heavy atom. The number of amides is 3. The van der Waals surface area contributed by atoms with Crippen LogP contribution in [0, 0.1) is 13.8 Å². The summed E-state index contributed by atoms with van der Waals surface area (Å²) in [5, 5.41) is 6.04. The first-order chi connectivity index (χ1) is 12.5. The van der Waals surface area contributed by atoms with Gasteiger partial charge < -0.3 is 9.84 Å². The van der Waals surface area contributed by atoms with Gasteiger partial charge in [-0.15, -0.1) is 0 Å². The van der Waals surface area contributed by atoms with Crippen LogP contribution in [-0.2, 0) is 4.79 Å². The van der Waals surface area contributed by atoms with E-state index >= 15 is 0 Å². The number of hydrogen-bond donors (Lipinski definition) is 1. The van der Waals surface area contributed by atoms with E-state index in [9.17, 15) is 14.4 Å². The van der Waals surface area contributed by atoms with Crippen LogP contribution in [0.1, 0.15) is 27.4 Å². The van der Waals surface area contributed by atoms with E-state index in [1.165, 1.54) is 0 Å². The average Bonchev–Trinajstić information content (AvgIpc) is 3.09. The molecule has 9 heteroatoms. The Morgan fingerprint density at radius 1 is 1.38 bits per heavy atom. The molecule has 0 spiro atoms. The zero-order valence-electron chi connectivity index (χ0n) is 14.2. The molecule has 0 aliphatic carbocycles. The van der Waals surface area contributed by atoms with Crippen LogP contribution in [0.3, 0.4) is 0 Å². The molecule has 8 nitrogen and oxygen atoms in total. The van der Waals surface area contributed by atoms with Gasteiger partial charge >= 0.3 is 0 Å². The van der Waals surface area contributed by atoms with Gasteiger partial charge in [-0.1, -0.05) is 11.2 Å². The molecular weight excluding hydrogens is 356 g/mol. The van der Waals surface area contributed by atoms with Crippen molar-refractivity contribution in [3.8, 4) is 0 Å². The lowest BCUT2D eigenvalue weighted by molar-refractivity contribution is -0.122. The van der Waals surface area contributed by atoms with Crippen molar-refractivity contribution in [2.45, 2.75) is 13.8 Å². The molecule has 26 heavy (non-hydrogen) atoms. The van der Waals surface area contributed by atoms with Crippen LogP contribution in [0.5, 0.6) is 0 Å². The highest BCUT2D eigenvalue weighted by atomic mass is 32.2. The van der Waals surface area contributed by atoms with Gasteiger partial charge in [-0.2, -0.15) is 0 Å². The van der Waals surface area contributed by atoms with E-state index in [-0.39, 0.29) is 30.1 Å². The fourth-order valence-corrected chi connectivity index (χ4v) is 3.35. The summed E-state index contributed by atoms with van der Waals surface area (Å²) in [5.41, 5.74) is 1.60. The highest BCUT2D eigenvalue weighted by molar-refractivity contribution is 8.18. The molecule has 0 unspecified atom stereocenters. The lowest BCUT2D eigenvalue weighted by Gasteiger charge is -2.12. The number of carbonyl (C=O) groups excluding carboxylic acids is 3. The minimum Gasteiger partial charge on any atom is -0.361 e. The van der Waals surface area contributed by atoms with Crippen molar-refractivity contribution in [1.29, 1.82) is 0 Å². The van der Waals surface area contributed by atoms with Gasteiger partial charge in [0, 0.05) is 25.5 Å². The van der Waals surface area contributed by atoms with Crippen LogP contribution in [0.25, 0.3) is 6.08 Å².